The SMILES string of the molecule is CCCCCCC[NH+]1CCCCC1CCC.[Cl-]. The van der Waals surface area contributed by atoms with Crippen LogP contribution in [0.25, 0.3) is 0 Å². The molecule has 0 aromatic carbocycles. The van der Waals surface area contributed by atoms with Crippen LogP contribution in [0.4, 0.5) is 0 Å². The molecule has 1 nitrogen and oxygen atoms in total. The minimum atomic E-state index is 0. The molecule has 0 saturated carbocycles. The van der Waals surface area contributed by atoms with Gasteiger partial charge in [0.15, 0.2) is 0 Å². The molecule has 1 fully saturated rings. The molecule has 17 heavy (non-hydrogen) atoms. The van der Waals surface area contributed by atoms with Gasteiger partial charge in [-0.1, -0.05) is 39.5 Å². The lowest BCUT2D eigenvalue weighted by molar-refractivity contribution is -0.931. The number of likely N-dealkylation sites (tertiary alicyclic amines) is 1. The van der Waals surface area contributed by atoms with Crippen molar-refractivity contribution in [3.8, 4) is 0 Å². The molecule has 0 aromatic rings. The molecular formula is C15H32ClN. The first-order chi connectivity index (χ1) is 7.88. The van der Waals surface area contributed by atoms with Crippen LogP contribution in [0.3, 0.4) is 0 Å². The van der Waals surface area contributed by atoms with Crippen molar-refractivity contribution in [3.05, 3.63) is 0 Å². The fourth-order valence-electron chi connectivity index (χ4n) is 3.13. The third kappa shape index (κ3) is 7.31. The molecule has 0 spiro atoms. The van der Waals surface area contributed by atoms with Gasteiger partial charge in [0.1, 0.15) is 0 Å². The van der Waals surface area contributed by atoms with Crippen LogP contribution in [0, 0.1) is 0 Å². The average Bonchev–Trinajstić information content (AvgIpc) is 2.31. The Morgan fingerprint density at radius 2 is 1.71 bits per heavy atom. The van der Waals surface area contributed by atoms with Gasteiger partial charge in [0.25, 0.3) is 0 Å². The Balaban J connectivity index is 0.00000256. The maximum absolute atomic E-state index is 2.34. The van der Waals surface area contributed by atoms with Crippen molar-refractivity contribution in [2.24, 2.45) is 0 Å². The van der Waals surface area contributed by atoms with E-state index in [2.05, 4.69) is 13.8 Å². The molecule has 2 unspecified atom stereocenters. The van der Waals surface area contributed by atoms with Gasteiger partial charge in [-0.3, -0.25) is 0 Å². The van der Waals surface area contributed by atoms with Gasteiger partial charge in [-0.15, -0.1) is 0 Å². The van der Waals surface area contributed by atoms with Gasteiger partial charge in [0.05, 0.1) is 19.1 Å². The fourth-order valence-corrected chi connectivity index (χ4v) is 3.13. The lowest BCUT2D eigenvalue weighted by Crippen LogP contribution is -3.16. The molecule has 0 bridgehead atoms. The van der Waals surface area contributed by atoms with E-state index in [4.69, 9.17) is 0 Å². The second kappa shape index (κ2) is 11.3. The van der Waals surface area contributed by atoms with Crippen LogP contribution in [-0.4, -0.2) is 19.1 Å². The number of hydrogen-bond acceptors (Lipinski definition) is 0. The van der Waals surface area contributed by atoms with Gasteiger partial charge in [0.2, 0.25) is 0 Å². The molecule has 1 aliphatic rings. The van der Waals surface area contributed by atoms with Crippen molar-refractivity contribution >= 4 is 0 Å². The Bertz CT molecular complexity index is 159. The summed E-state index contributed by atoms with van der Waals surface area (Å²) in [5.74, 6) is 0. The van der Waals surface area contributed by atoms with E-state index < -0.39 is 0 Å². The first-order valence-electron chi connectivity index (χ1n) is 7.73. The minimum absolute atomic E-state index is 0. The van der Waals surface area contributed by atoms with E-state index in [0.29, 0.717) is 0 Å². The molecule has 0 aromatic heterocycles. The standard InChI is InChI=1S/C15H31N.ClH/c1-3-5-6-7-9-13-16-14-10-8-12-15(16)11-4-2;/h15H,3-14H2,1-2H3;1H. The van der Waals surface area contributed by atoms with Gasteiger partial charge >= 0.3 is 0 Å². The van der Waals surface area contributed by atoms with Gasteiger partial charge in [-0.05, 0) is 38.5 Å². The van der Waals surface area contributed by atoms with E-state index in [-0.39, 0.29) is 12.4 Å². The van der Waals surface area contributed by atoms with E-state index in [1.807, 2.05) is 4.90 Å². The van der Waals surface area contributed by atoms with Crippen LogP contribution in [0.1, 0.15) is 78.1 Å². The Morgan fingerprint density at radius 3 is 2.41 bits per heavy atom. The quantitative estimate of drug-likeness (QED) is 0.596. The zero-order valence-electron chi connectivity index (χ0n) is 11.9. The Morgan fingerprint density at radius 1 is 0.941 bits per heavy atom. The van der Waals surface area contributed by atoms with Crippen molar-refractivity contribution in [3.63, 3.8) is 0 Å². The highest BCUT2D eigenvalue weighted by Crippen LogP contribution is 2.08. The van der Waals surface area contributed by atoms with E-state index in [0.717, 1.165) is 6.04 Å². The largest absolute Gasteiger partial charge is 1.00 e. The van der Waals surface area contributed by atoms with Gasteiger partial charge in [-0.25, -0.2) is 0 Å². The molecule has 1 rings (SSSR count). The summed E-state index contributed by atoms with van der Waals surface area (Å²) in [4.78, 5) is 1.93. The van der Waals surface area contributed by atoms with Crippen molar-refractivity contribution in [1.82, 2.24) is 0 Å². The minimum Gasteiger partial charge on any atom is -1.00 e. The number of halogens is 1. The van der Waals surface area contributed by atoms with E-state index >= 15 is 0 Å². The molecule has 0 radical (unpaired) electrons. The topological polar surface area (TPSA) is 4.44 Å². The first-order valence-corrected chi connectivity index (χ1v) is 7.73. The van der Waals surface area contributed by atoms with Crippen LogP contribution in [0.5, 0.6) is 0 Å². The summed E-state index contributed by atoms with van der Waals surface area (Å²) >= 11 is 0. The number of nitrogens with one attached hydrogen (secondary N) is 1. The molecular weight excluding hydrogens is 230 g/mol. The van der Waals surface area contributed by atoms with Gasteiger partial charge < -0.3 is 17.3 Å². The van der Waals surface area contributed by atoms with Crippen molar-refractivity contribution in [2.45, 2.75) is 84.1 Å². The van der Waals surface area contributed by atoms with Crippen LogP contribution >= 0.6 is 0 Å². The number of quaternary nitrogens is 1. The van der Waals surface area contributed by atoms with Crippen LogP contribution < -0.4 is 17.3 Å². The monoisotopic (exact) mass is 261 g/mol. The highest BCUT2D eigenvalue weighted by atomic mass is 35.5. The average molecular weight is 262 g/mol. The summed E-state index contributed by atoms with van der Waals surface area (Å²) in [5.41, 5.74) is 0. The number of unbranched alkanes of at least 4 members (excludes halogenated alkanes) is 4. The lowest BCUT2D eigenvalue weighted by atomic mass is 9.98. The molecule has 0 amide bonds. The highest BCUT2D eigenvalue weighted by Gasteiger charge is 2.24. The molecule has 0 aliphatic carbocycles. The Hall–Kier alpha value is 0.250. The van der Waals surface area contributed by atoms with E-state index in [9.17, 15) is 0 Å². The predicted molar refractivity (Wildman–Crippen MR) is 72.0 cm³/mol. The predicted octanol–water partition coefficient (Wildman–Crippen LogP) is 0.198. The second-order valence-corrected chi connectivity index (χ2v) is 5.55. The van der Waals surface area contributed by atoms with Crippen molar-refractivity contribution < 1.29 is 17.3 Å². The molecule has 1 N–H and O–H groups in total. The summed E-state index contributed by atoms with van der Waals surface area (Å²) < 4.78 is 0. The van der Waals surface area contributed by atoms with Gasteiger partial charge in [-0.2, -0.15) is 0 Å². The summed E-state index contributed by atoms with van der Waals surface area (Å²) in [6.07, 6.45) is 14.5. The van der Waals surface area contributed by atoms with Crippen LogP contribution in [0.15, 0.2) is 0 Å². The first kappa shape index (κ1) is 17.2. The number of hydrogen-bond donors (Lipinski definition) is 1. The molecule has 1 saturated heterocycles. The summed E-state index contributed by atoms with van der Waals surface area (Å²) in [6.45, 7) is 7.55. The third-order valence-corrected chi connectivity index (χ3v) is 4.12. The third-order valence-electron chi connectivity index (χ3n) is 4.12. The van der Waals surface area contributed by atoms with E-state index in [1.54, 1.807) is 0 Å². The van der Waals surface area contributed by atoms with E-state index in [1.165, 1.54) is 77.3 Å². The summed E-state index contributed by atoms with van der Waals surface area (Å²) in [7, 11) is 0. The Labute approximate surface area is 115 Å². The smallest absolute Gasteiger partial charge is 0.0874 e. The van der Waals surface area contributed by atoms with Gasteiger partial charge in [0, 0.05) is 0 Å². The maximum atomic E-state index is 2.34. The Kier molecular flexibility index (Phi) is 11.5. The normalized spacial score (nSPS) is 24.4. The lowest BCUT2D eigenvalue weighted by Gasteiger charge is -2.32. The molecule has 2 atom stereocenters. The zero-order valence-corrected chi connectivity index (χ0v) is 12.7. The molecule has 1 aliphatic heterocycles. The highest BCUT2D eigenvalue weighted by molar-refractivity contribution is 4.61. The van der Waals surface area contributed by atoms with Crippen LogP contribution in [0.2, 0.25) is 0 Å². The number of piperidine rings is 1. The molecule has 104 valence electrons. The zero-order chi connectivity index (χ0) is 11.6. The molecule has 1 heterocycles. The number of rotatable bonds is 8. The molecule has 2 heteroatoms. The fraction of sp³-hybridized carbons (Fsp3) is 1.00. The summed E-state index contributed by atoms with van der Waals surface area (Å²) in [6, 6.07) is 1.00. The van der Waals surface area contributed by atoms with Crippen molar-refractivity contribution in [1.29, 1.82) is 0 Å². The van der Waals surface area contributed by atoms with Crippen molar-refractivity contribution in [2.75, 3.05) is 13.1 Å². The summed E-state index contributed by atoms with van der Waals surface area (Å²) in [5, 5.41) is 0. The second-order valence-electron chi connectivity index (χ2n) is 5.55. The maximum Gasteiger partial charge on any atom is 0.0874 e. The van der Waals surface area contributed by atoms with Crippen LogP contribution in [-0.2, 0) is 0 Å².